The van der Waals surface area contributed by atoms with Gasteiger partial charge in [0.15, 0.2) is 0 Å². The van der Waals surface area contributed by atoms with Crippen molar-refractivity contribution in [2.45, 2.75) is 32.2 Å². The molecule has 7 heteroatoms. The van der Waals surface area contributed by atoms with Crippen molar-refractivity contribution in [3.63, 3.8) is 0 Å². The van der Waals surface area contributed by atoms with Crippen LogP contribution in [0.2, 0.25) is 0 Å². The third-order valence-electron chi connectivity index (χ3n) is 2.73. The number of hydrogen-bond donors (Lipinski definition) is 4. The molecule has 0 aromatic rings. The molecule has 1 rings (SSSR count). The number of urea groups is 1. The SMILES string of the molecule is CC(CNC(=O)NC1CCC(=O)NC1)CC(=O)O. The molecule has 102 valence electrons. The Labute approximate surface area is 105 Å². The highest BCUT2D eigenvalue weighted by atomic mass is 16.4. The number of hydrogen-bond acceptors (Lipinski definition) is 3. The van der Waals surface area contributed by atoms with Gasteiger partial charge in [-0.15, -0.1) is 0 Å². The van der Waals surface area contributed by atoms with Crippen molar-refractivity contribution in [3.05, 3.63) is 0 Å². The first kappa shape index (κ1) is 14.3. The largest absolute Gasteiger partial charge is 0.481 e. The molecule has 0 spiro atoms. The van der Waals surface area contributed by atoms with Crippen molar-refractivity contribution in [1.82, 2.24) is 16.0 Å². The zero-order valence-corrected chi connectivity index (χ0v) is 10.4. The molecule has 0 aliphatic carbocycles. The summed E-state index contributed by atoms with van der Waals surface area (Å²) in [5, 5.41) is 16.6. The Balaban J connectivity index is 2.17. The predicted molar refractivity (Wildman–Crippen MR) is 64.0 cm³/mol. The van der Waals surface area contributed by atoms with Crippen LogP contribution in [0.5, 0.6) is 0 Å². The molecule has 0 aromatic heterocycles. The molecule has 1 saturated heterocycles. The maximum Gasteiger partial charge on any atom is 0.315 e. The van der Waals surface area contributed by atoms with Crippen LogP contribution in [0.3, 0.4) is 0 Å². The second kappa shape index (κ2) is 6.83. The molecule has 7 nitrogen and oxygen atoms in total. The fourth-order valence-electron chi connectivity index (χ4n) is 1.73. The summed E-state index contributed by atoms with van der Waals surface area (Å²) in [6.45, 7) is 2.52. The van der Waals surface area contributed by atoms with Gasteiger partial charge in [0.2, 0.25) is 5.91 Å². The van der Waals surface area contributed by atoms with Crippen LogP contribution in [0.4, 0.5) is 4.79 Å². The quantitative estimate of drug-likeness (QED) is 0.541. The van der Waals surface area contributed by atoms with Gasteiger partial charge in [-0.3, -0.25) is 9.59 Å². The fraction of sp³-hybridized carbons (Fsp3) is 0.727. The lowest BCUT2D eigenvalue weighted by Gasteiger charge is -2.23. The molecule has 3 amide bonds. The average molecular weight is 257 g/mol. The van der Waals surface area contributed by atoms with Crippen LogP contribution in [0.15, 0.2) is 0 Å². The summed E-state index contributed by atoms with van der Waals surface area (Å²) in [5.74, 6) is -0.984. The molecule has 0 aromatic carbocycles. The Hall–Kier alpha value is -1.79. The van der Waals surface area contributed by atoms with Gasteiger partial charge in [-0.1, -0.05) is 6.92 Å². The third-order valence-corrected chi connectivity index (χ3v) is 2.73. The molecule has 0 radical (unpaired) electrons. The summed E-state index contributed by atoms with van der Waals surface area (Å²) in [6, 6.07) is -0.383. The molecule has 1 fully saturated rings. The number of carbonyl (C=O) groups is 3. The lowest BCUT2D eigenvalue weighted by atomic mass is 10.1. The smallest absolute Gasteiger partial charge is 0.315 e. The van der Waals surface area contributed by atoms with Crippen LogP contribution in [0.1, 0.15) is 26.2 Å². The molecule has 0 saturated carbocycles. The third kappa shape index (κ3) is 5.51. The number of carbonyl (C=O) groups excluding carboxylic acids is 2. The van der Waals surface area contributed by atoms with Gasteiger partial charge < -0.3 is 21.1 Å². The minimum absolute atomic E-state index is 0.00328. The van der Waals surface area contributed by atoms with E-state index < -0.39 is 5.97 Å². The minimum Gasteiger partial charge on any atom is -0.481 e. The molecule has 18 heavy (non-hydrogen) atoms. The van der Waals surface area contributed by atoms with Gasteiger partial charge in [0.05, 0.1) is 0 Å². The first-order valence-corrected chi connectivity index (χ1v) is 6.00. The van der Waals surface area contributed by atoms with Crippen LogP contribution in [0.25, 0.3) is 0 Å². The number of amides is 3. The zero-order valence-electron chi connectivity index (χ0n) is 10.4. The molecule has 4 N–H and O–H groups in total. The summed E-state index contributed by atoms with van der Waals surface area (Å²) in [6.07, 6.45) is 1.07. The van der Waals surface area contributed by atoms with E-state index in [9.17, 15) is 14.4 Å². The van der Waals surface area contributed by atoms with Crippen LogP contribution in [-0.2, 0) is 9.59 Å². The van der Waals surface area contributed by atoms with E-state index in [2.05, 4.69) is 16.0 Å². The van der Waals surface area contributed by atoms with Gasteiger partial charge in [-0.05, 0) is 12.3 Å². The van der Waals surface area contributed by atoms with E-state index in [1.165, 1.54) is 0 Å². The highest BCUT2D eigenvalue weighted by molar-refractivity contribution is 5.78. The number of carboxylic acids is 1. The Morgan fingerprint density at radius 2 is 2.28 bits per heavy atom. The highest BCUT2D eigenvalue weighted by Crippen LogP contribution is 2.02. The van der Waals surface area contributed by atoms with Crippen molar-refractivity contribution < 1.29 is 19.5 Å². The number of carboxylic acid groups (broad SMARTS) is 1. The first-order valence-electron chi connectivity index (χ1n) is 6.00. The van der Waals surface area contributed by atoms with Crippen LogP contribution >= 0.6 is 0 Å². The number of piperidine rings is 1. The second-order valence-corrected chi connectivity index (χ2v) is 4.60. The topological polar surface area (TPSA) is 108 Å². The molecule has 2 atom stereocenters. The molecule has 1 aliphatic rings. The Kier molecular flexibility index (Phi) is 5.41. The number of aliphatic carboxylic acids is 1. The second-order valence-electron chi connectivity index (χ2n) is 4.60. The molecular weight excluding hydrogens is 238 g/mol. The first-order chi connectivity index (χ1) is 8.47. The normalized spacial score (nSPS) is 20.7. The summed E-state index contributed by atoms with van der Waals surface area (Å²) in [5.41, 5.74) is 0. The van der Waals surface area contributed by atoms with Crippen molar-refractivity contribution in [1.29, 1.82) is 0 Å². The average Bonchev–Trinajstić information content (AvgIpc) is 2.29. The molecule has 0 bridgehead atoms. The van der Waals surface area contributed by atoms with Crippen LogP contribution < -0.4 is 16.0 Å². The summed E-state index contributed by atoms with van der Waals surface area (Å²) >= 11 is 0. The maximum atomic E-state index is 11.5. The standard InChI is InChI=1S/C11H19N3O4/c1-7(4-10(16)17)5-13-11(18)14-8-2-3-9(15)12-6-8/h7-8H,2-6H2,1H3,(H,12,15)(H,16,17)(H2,13,14,18). The summed E-state index contributed by atoms with van der Waals surface area (Å²) in [7, 11) is 0. The molecular formula is C11H19N3O4. The molecule has 2 unspecified atom stereocenters. The van der Waals surface area contributed by atoms with E-state index in [-0.39, 0.29) is 30.3 Å². The van der Waals surface area contributed by atoms with Gasteiger partial charge in [0, 0.05) is 32.0 Å². The van der Waals surface area contributed by atoms with E-state index in [4.69, 9.17) is 5.11 Å². The van der Waals surface area contributed by atoms with E-state index in [0.29, 0.717) is 25.9 Å². The Morgan fingerprint density at radius 3 is 2.83 bits per heavy atom. The van der Waals surface area contributed by atoms with Crippen molar-refractivity contribution in [2.24, 2.45) is 5.92 Å². The summed E-state index contributed by atoms with van der Waals surface area (Å²) < 4.78 is 0. The maximum absolute atomic E-state index is 11.5. The van der Waals surface area contributed by atoms with E-state index in [1.807, 2.05) is 0 Å². The van der Waals surface area contributed by atoms with Crippen LogP contribution in [-0.4, -0.2) is 42.1 Å². The Bertz CT molecular complexity index is 322. The van der Waals surface area contributed by atoms with Crippen LogP contribution in [0, 0.1) is 5.92 Å². The van der Waals surface area contributed by atoms with Crippen molar-refractivity contribution in [2.75, 3.05) is 13.1 Å². The molecule has 1 aliphatic heterocycles. The fourth-order valence-corrected chi connectivity index (χ4v) is 1.73. The minimum atomic E-state index is -0.875. The van der Waals surface area contributed by atoms with Gasteiger partial charge in [-0.25, -0.2) is 4.79 Å². The molecule has 1 heterocycles. The lowest BCUT2D eigenvalue weighted by molar-refractivity contribution is -0.137. The monoisotopic (exact) mass is 257 g/mol. The van der Waals surface area contributed by atoms with Gasteiger partial charge in [-0.2, -0.15) is 0 Å². The zero-order chi connectivity index (χ0) is 13.5. The van der Waals surface area contributed by atoms with E-state index in [1.54, 1.807) is 6.92 Å². The number of rotatable bonds is 5. The van der Waals surface area contributed by atoms with E-state index >= 15 is 0 Å². The Morgan fingerprint density at radius 1 is 1.56 bits per heavy atom. The van der Waals surface area contributed by atoms with Crippen molar-refractivity contribution in [3.8, 4) is 0 Å². The number of nitrogens with one attached hydrogen (secondary N) is 3. The highest BCUT2D eigenvalue weighted by Gasteiger charge is 2.19. The van der Waals surface area contributed by atoms with E-state index in [0.717, 1.165) is 0 Å². The van der Waals surface area contributed by atoms with Gasteiger partial charge in [0.1, 0.15) is 0 Å². The lowest BCUT2D eigenvalue weighted by Crippen LogP contribution is -2.51. The predicted octanol–water partition coefficient (Wildman–Crippen LogP) is -0.325. The van der Waals surface area contributed by atoms with Gasteiger partial charge in [0.25, 0.3) is 0 Å². The van der Waals surface area contributed by atoms with Gasteiger partial charge >= 0.3 is 12.0 Å². The van der Waals surface area contributed by atoms with Crippen molar-refractivity contribution >= 4 is 17.9 Å². The summed E-state index contributed by atoms with van der Waals surface area (Å²) in [4.78, 5) is 32.9.